The summed E-state index contributed by atoms with van der Waals surface area (Å²) in [5.41, 5.74) is 2.94. The van der Waals surface area contributed by atoms with E-state index in [0.717, 1.165) is 12.5 Å². The van der Waals surface area contributed by atoms with Crippen molar-refractivity contribution >= 4 is 11.8 Å². The Morgan fingerprint density at radius 2 is 2.00 bits per heavy atom. The van der Waals surface area contributed by atoms with Crippen LogP contribution in [0.25, 0.3) is 0 Å². The number of hydrogen-bond donors (Lipinski definition) is 1. The zero-order valence-corrected chi connectivity index (χ0v) is 11.7. The van der Waals surface area contributed by atoms with Gasteiger partial charge in [0.25, 0.3) is 0 Å². The van der Waals surface area contributed by atoms with E-state index in [1.54, 1.807) is 0 Å². The van der Waals surface area contributed by atoms with Gasteiger partial charge in [0.1, 0.15) is 0 Å². The molecule has 1 saturated carbocycles. The summed E-state index contributed by atoms with van der Waals surface area (Å²) in [4.78, 5) is 0. The molecule has 0 aliphatic heterocycles. The van der Waals surface area contributed by atoms with Crippen molar-refractivity contribution in [3.8, 4) is 0 Å². The second kappa shape index (κ2) is 6.46. The number of nitrogens with one attached hydrogen (secondary N) is 1. The molecule has 1 aromatic carbocycles. The lowest BCUT2D eigenvalue weighted by Crippen LogP contribution is -2.25. The van der Waals surface area contributed by atoms with Gasteiger partial charge in [-0.05, 0) is 55.2 Å². The molecule has 1 aromatic rings. The van der Waals surface area contributed by atoms with E-state index in [9.17, 15) is 0 Å². The highest BCUT2D eigenvalue weighted by molar-refractivity contribution is 7.98. The van der Waals surface area contributed by atoms with Gasteiger partial charge in [-0.2, -0.15) is 11.8 Å². The molecule has 1 N–H and O–H groups in total. The quantitative estimate of drug-likeness (QED) is 0.789. The zero-order valence-electron chi connectivity index (χ0n) is 10.9. The molecule has 0 aromatic heterocycles. The Hall–Kier alpha value is -0.470. The summed E-state index contributed by atoms with van der Waals surface area (Å²) in [6.07, 6.45) is 6.21. The van der Waals surface area contributed by atoms with Gasteiger partial charge in [0.2, 0.25) is 0 Å². The normalized spacial score (nSPS) is 17.1. The Balaban J connectivity index is 1.74. The van der Waals surface area contributed by atoms with Gasteiger partial charge in [-0.25, -0.2) is 0 Å². The van der Waals surface area contributed by atoms with Crippen molar-refractivity contribution in [2.24, 2.45) is 0 Å². The highest BCUT2D eigenvalue weighted by atomic mass is 32.2. The smallest absolute Gasteiger partial charge is 0.0207 e. The molecule has 0 bridgehead atoms. The molecule has 94 valence electrons. The van der Waals surface area contributed by atoms with Crippen LogP contribution in [-0.2, 0) is 6.54 Å². The molecular formula is C15H23NS. The molecule has 1 nitrogen and oxygen atoms in total. The van der Waals surface area contributed by atoms with Crippen LogP contribution in [0.1, 0.15) is 43.2 Å². The molecule has 2 heteroatoms. The summed E-state index contributed by atoms with van der Waals surface area (Å²) in [5, 5.41) is 3.58. The topological polar surface area (TPSA) is 12.0 Å². The van der Waals surface area contributed by atoms with Gasteiger partial charge >= 0.3 is 0 Å². The van der Waals surface area contributed by atoms with E-state index in [1.165, 1.54) is 36.1 Å². The summed E-state index contributed by atoms with van der Waals surface area (Å²) < 4.78 is 0. The number of benzene rings is 1. The van der Waals surface area contributed by atoms with Gasteiger partial charge in [0.05, 0.1) is 0 Å². The fourth-order valence-corrected chi connectivity index (χ4v) is 2.60. The number of hydrogen-bond acceptors (Lipinski definition) is 2. The monoisotopic (exact) mass is 249 g/mol. The van der Waals surface area contributed by atoms with Crippen LogP contribution < -0.4 is 5.32 Å². The van der Waals surface area contributed by atoms with Crippen LogP contribution in [0.3, 0.4) is 0 Å². The Labute approximate surface area is 109 Å². The van der Waals surface area contributed by atoms with E-state index in [2.05, 4.69) is 42.8 Å². The lowest BCUT2D eigenvalue weighted by molar-refractivity contribution is 0.537. The molecule has 0 spiro atoms. The molecule has 0 saturated heterocycles. The number of thioether (sulfide) groups is 1. The molecule has 1 aliphatic carbocycles. The maximum atomic E-state index is 3.58. The first-order valence-corrected chi connectivity index (χ1v) is 8.00. The molecule has 17 heavy (non-hydrogen) atoms. The number of rotatable bonds is 7. The Morgan fingerprint density at radius 1 is 1.29 bits per heavy atom. The minimum atomic E-state index is 0.616. The Bertz CT molecular complexity index is 329. The molecule has 1 aliphatic rings. The second-order valence-corrected chi connectivity index (χ2v) is 6.06. The highest BCUT2D eigenvalue weighted by Crippen LogP contribution is 2.39. The predicted octanol–water partition coefficient (Wildman–Crippen LogP) is 3.80. The average Bonchev–Trinajstić information content (AvgIpc) is 3.19. The molecule has 0 radical (unpaired) electrons. The second-order valence-electron chi connectivity index (χ2n) is 5.08. The first kappa shape index (κ1) is 13.0. The molecule has 1 atom stereocenters. The average molecular weight is 249 g/mol. The van der Waals surface area contributed by atoms with E-state index in [-0.39, 0.29) is 0 Å². The highest BCUT2D eigenvalue weighted by Gasteiger charge is 2.22. The molecule has 1 unspecified atom stereocenters. The summed E-state index contributed by atoms with van der Waals surface area (Å²) >= 11 is 1.92. The SMILES string of the molecule is CSCCC(C)NCc1ccc(C2CC2)cc1. The maximum absolute atomic E-state index is 3.58. The molecule has 1 fully saturated rings. The fourth-order valence-electron chi connectivity index (χ4n) is 2.01. The van der Waals surface area contributed by atoms with Crippen LogP contribution in [0.5, 0.6) is 0 Å². The van der Waals surface area contributed by atoms with Crippen LogP contribution in [0, 0.1) is 0 Å². The van der Waals surface area contributed by atoms with E-state index >= 15 is 0 Å². The van der Waals surface area contributed by atoms with Gasteiger partial charge in [-0.1, -0.05) is 24.3 Å². The zero-order chi connectivity index (χ0) is 12.1. The molecule has 0 amide bonds. The standard InChI is InChI=1S/C15H23NS/c1-12(9-10-17-2)16-11-13-3-5-14(6-4-13)15-7-8-15/h3-6,12,15-16H,7-11H2,1-2H3. The van der Waals surface area contributed by atoms with Crippen molar-refractivity contribution in [3.63, 3.8) is 0 Å². The minimum absolute atomic E-state index is 0.616. The lowest BCUT2D eigenvalue weighted by atomic mass is 10.1. The minimum Gasteiger partial charge on any atom is -0.310 e. The molecular weight excluding hydrogens is 226 g/mol. The van der Waals surface area contributed by atoms with Gasteiger partial charge in [-0.15, -0.1) is 0 Å². The van der Waals surface area contributed by atoms with Crippen molar-refractivity contribution in [3.05, 3.63) is 35.4 Å². The van der Waals surface area contributed by atoms with E-state index < -0.39 is 0 Å². The maximum Gasteiger partial charge on any atom is 0.0207 e. The van der Waals surface area contributed by atoms with E-state index in [1.807, 2.05) is 11.8 Å². The first-order chi connectivity index (χ1) is 8.29. The van der Waals surface area contributed by atoms with Crippen molar-refractivity contribution in [1.29, 1.82) is 0 Å². The largest absolute Gasteiger partial charge is 0.310 e. The summed E-state index contributed by atoms with van der Waals surface area (Å²) in [7, 11) is 0. The predicted molar refractivity (Wildman–Crippen MR) is 77.7 cm³/mol. The van der Waals surface area contributed by atoms with Crippen molar-refractivity contribution in [2.75, 3.05) is 12.0 Å². The van der Waals surface area contributed by atoms with Gasteiger partial charge < -0.3 is 5.32 Å². The Kier molecular flexibility index (Phi) is 4.93. The third kappa shape index (κ3) is 4.36. The first-order valence-electron chi connectivity index (χ1n) is 6.60. The van der Waals surface area contributed by atoms with Crippen LogP contribution in [0.2, 0.25) is 0 Å². The van der Waals surface area contributed by atoms with Crippen molar-refractivity contribution in [1.82, 2.24) is 5.32 Å². The summed E-state index contributed by atoms with van der Waals surface area (Å²) in [6, 6.07) is 9.79. The third-order valence-electron chi connectivity index (χ3n) is 3.44. The lowest BCUT2D eigenvalue weighted by Gasteiger charge is -2.13. The third-order valence-corrected chi connectivity index (χ3v) is 4.08. The van der Waals surface area contributed by atoms with Crippen LogP contribution in [0.4, 0.5) is 0 Å². The van der Waals surface area contributed by atoms with Crippen LogP contribution in [0.15, 0.2) is 24.3 Å². The summed E-state index contributed by atoms with van der Waals surface area (Å²) in [6.45, 7) is 3.27. The van der Waals surface area contributed by atoms with Crippen molar-refractivity contribution in [2.45, 2.75) is 44.7 Å². The van der Waals surface area contributed by atoms with Gasteiger partial charge in [-0.3, -0.25) is 0 Å². The van der Waals surface area contributed by atoms with Gasteiger partial charge in [0.15, 0.2) is 0 Å². The van der Waals surface area contributed by atoms with Crippen LogP contribution in [-0.4, -0.2) is 18.1 Å². The molecule has 2 rings (SSSR count). The summed E-state index contributed by atoms with van der Waals surface area (Å²) in [5.74, 6) is 2.12. The van der Waals surface area contributed by atoms with E-state index in [0.29, 0.717) is 6.04 Å². The Morgan fingerprint density at radius 3 is 2.59 bits per heavy atom. The van der Waals surface area contributed by atoms with Gasteiger partial charge in [0, 0.05) is 12.6 Å². The van der Waals surface area contributed by atoms with Crippen LogP contribution >= 0.6 is 11.8 Å². The molecule has 0 heterocycles. The van der Waals surface area contributed by atoms with Crippen molar-refractivity contribution < 1.29 is 0 Å². The van der Waals surface area contributed by atoms with E-state index in [4.69, 9.17) is 0 Å². The fraction of sp³-hybridized carbons (Fsp3) is 0.600.